The molecule has 0 spiro atoms. The van der Waals surface area contributed by atoms with Gasteiger partial charge in [-0.05, 0) is 49.2 Å². The predicted molar refractivity (Wildman–Crippen MR) is 89.8 cm³/mol. The van der Waals surface area contributed by atoms with E-state index in [1.807, 2.05) is 50.2 Å². The summed E-state index contributed by atoms with van der Waals surface area (Å²) < 4.78 is 5.57. The van der Waals surface area contributed by atoms with Crippen LogP contribution in [0.3, 0.4) is 0 Å². The summed E-state index contributed by atoms with van der Waals surface area (Å²) in [7, 11) is 0. The van der Waals surface area contributed by atoms with Crippen molar-refractivity contribution in [2.45, 2.75) is 13.8 Å². The molecule has 3 aromatic rings. The van der Waals surface area contributed by atoms with Gasteiger partial charge in [-0.15, -0.1) is 0 Å². The van der Waals surface area contributed by atoms with Crippen LogP contribution in [0.5, 0.6) is 5.75 Å². The van der Waals surface area contributed by atoms with E-state index in [0.29, 0.717) is 16.3 Å². The molecule has 0 aromatic heterocycles. The van der Waals surface area contributed by atoms with E-state index < -0.39 is 0 Å². The smallest absolute Gasteiger partial charge is 0.343 e. The highest BCUT2D eigenvalue weighted by molar-refractivity contribution is 6.35. The second-order valence-electron chi connectivity index (χ2n) is 5.28. The van der Waals surface area contributed by atoms with Crippen molar-refractivity contribution in [1.82, 2.24) is 0 Å². The molecular formula is C19H15ClO2. The first kappa shape index (κ1) is 14.6. The minimum absolute atomic E-state index is 0.365. The number of hydrogen-bond acceptors (Lipinski definition) is 2. The largest absolute Gasteiger partial charge is 0.422 e. The van der Waals surface area contributed by atoms with Gasteiger partial charge >= 0.3 is 5.97 Å². The van der Waals surface area contributed by atoms with E-state index in [1.54, 1.807) is 18.2 Å². The fraction of sp³-hybridized carbons (Fsp3) is 0.105. The zero-order valence-corrected chi connectivity index (χ0v) is 13.1. The molecule has 3 aromatic carbocycles. The molecule has 0 unspecified atom stereocenters. The van der Waals surface area contributed by atoms with E-state index in [9.17, 15) is 4.79 Å². The lowest BCUT2D eigenvalue weighted by Crippen LogP contribution is -2.09. The van der Waals surface area contributed by atoms with Gasteiger partial charge in [0.1, 0.15) is 5.75 Å². The van der Waals surface area contributed by atoms with E-state index in [4.69, 9.17) is 16.3 Å². The summed E-state index contributed by atoms with van der Waals surface area (Å²) in [5, 5.41) is 2.34. The second-order valence-corrected chi connectivity index (χ2v) is 5.69. The Morgan fingerprint density at radius 2 is 1.64 bits per heavy atom. The van der Waals surface area contributed by atoms with Crippen molar-refractivity contribution in [3.05, 3.63) is 76.3 Å². The Hall–Kier alpha value is -2.32. The van der Waals surface area contributed by atoms with Crippen molar-refractivity contribution in [2.75, 3.05) is 0 Å². The van der Waals surface area contributed by atoms with Crippen LogP contribution in [0.1, 0.15) is 21.5 Å². The van der Waals surface area contributed by atoms with Crippen LogP contribution in [-0.4, -0.2) is 5.97 Å². The standard InChI is InChI=1S/C19H15ClO2/c1-12-7-8-14(11-13(12)2)19(21)22-18-10-9-17(20)15-5-3-4-6-16(15)18/h3-11H,1-2H3. The molecule has 0 aliphatic rings. The lowest BCUT2D eigenvalue weighted by atomic mass is 10.1. The normalized spacial score (nSPS) is 10.7. The average Bonchev–Trinajstić information content (AvgIpc) is 2.53. The minimum atomic E-state index is -0.365. The van der Waals surface area contributed by atoms with Gasteiger partial charge in [-0.1, -0.05) is 41.9 Å². The maximum Gasteiger partial charge on any atom is 0.343 e. The van der Waals surface area contributed by atoms with E-state index in [2.05, 4.69) is 0 Å². The quantitative estimate of drug-likeness (QED) is 0.472. The molecule has 0 saturated heterocycles. The van der Waals surface area contributed by atoms with Crippen molar-refractivity contribution in [3.8, 4) is 5.75 Å². The maximum absolute atomic E-state index is 12.4. The summed E-state index contributed by atoms with van der Waals surface area (Å²) >= 11 is 6.18. The third kappa shape index (κ3) is 2.70. The monoisotopic (exact) mass is 310 g/mol. The van der Waals surface area contributed by atoms with E-state index in [-0.39, 0.29) is 5.97 Å². The summed E-state index contributed by atoms with van der Waals surface area (Å²) in [4.78, 5) is 12.4. The van der Waals surface area contributed by atoms with Crippen LogP contribution >= 0.6 is 11.6 Å². The third-order valence-electron chi connectivity index (χ3n) is 3.78. The number of fused-ring (bicyclic) bond motifs is 1. The SMILES string of the molecule is Cc1ccc(C(=O)Oc2ccc(Cl)c3ccccc23)cc1C. The topological polar surface area (TPSA) is 26.3 Å². The van der Waals surface area contributed by atoms with Crippen LogP contribution in [0, 0.1) is 13.8 Å². The summed E-state index contributed by atoms with van der Waals surface area (Å²) in [6.07, 6.45) is 0. The van der Waals surface area contributed by atoms with E-state index in [1.165, 1.54) is 0 Å². The molecule has 0 aliphatic heterocycles. The molecule has 0 atom stereocenters. The predicted octanol–water partition coefficient (Wildman–Crippen LogP) is 5.33. The molecule has 22 heavy (non-hydrogen) atoms. The Morgan fingerprint density at radius 1 is 0.909 bits per heavy atom. The van der Waals surface area contributed by atoms with Crippen molar-refractivity contribution in [2.24, 2.45) is 0 Å². The highest BCUT2D eigenvalue weighted by atomic mass is 35.5. The van der Waals surface area contributed by atoms with Crippen LogP contribution in [0.4, 0.5) is 0 Å². The third-order valence-corrected chi connectivity index (χ3v) is 4.11. The number of benzene rings is 3. The van der Waals surface area contributed by atoms with Gasteiger partial charge in [0, 0.05) is 15.8 Å². The number of aryl methyl sites for hydroxylation is 2. The number of hydrogen-bond donors (Lipinski definition) is 0. The molecule has 0 heterocycles. The number of esters is 1. The van der Waals surface area contributed by atoms with E-state index >= 15 is 0 Å². The summed E-state index contributed by atoms with van der Waals surface area (Å²) in [6.45, 7) is 3.99. The molecule has 0 N–H and O–H groups in total. The Balaban J connectivity index is 1.98. The zero-order valence-electron chi connectivity index (χ0n) is 12.4. The lowest BCUT2D eigenvalue weighted by molar-refractivity contribution is 0.0737. The number of rotatable bonds is 2. The van der Waals surface area contributed by atoms with Gasteiger partial charge in [-0.2, -0.15) is 0 Å². The van der Waals surface area contributed by atoms with Gasteiger partial charge in [-0.3, -0.25) is 0 Å². The molecular weight excluding hydrogens is 296 g/mol. The molecule has 0 radical (unpaired) electrons. The van der Waals surface area contributed by atoms with Gasteiger partial charge in [0.2, 0.25) is 0 Å². The van der Waals surface area contributed by atoms with Gasteiger partial charge in [0.05, 0.1) is 5.56 Å². The number of halogens is 1. The Labute approximate surface area is 134 Å². The first-order chi connectivity index (χ1) is 10.6. The molecule has 3 heteroatoms. The molecule has 0 amide bonds. The Morgan fingerprint density at radius 3 is 2.36 bits per heavy atom. The van der Waals surface area contributed by atoms with Crippen LogP contribution in [-0.2, 0) is 0 Å². The summed E-state index contributed by atoms with van der Waals surface area (Å²) in [5.41, 5.74) is 2.76. The van der Waals surface area contributed by atoms with Crippen molar-refractivity contribution in [1.29, 1.82) is 0 Å². The lowest BCUT2D eigenvalue weighted by Gasteiger charge is -2.10. The number of ether oxygens (including phenoxy) is 1. The van der Waals surface area contributed by atoms with Gasteiger partial charge in [-0.25, -0.2) is 4.79 Å². The molecule has 0 fully saturated rings. The van der Waals surface area contributed by atoms with Crippen LogP contribution < -0.4 is 4.74 Å². The molecule has 0 aliphatic carbocycles. The minimum Gasteiger partial charge on any atom is -0.422 e. The van der Waals surface area contributed by atoms with Crippen LogP contribution in [0.15, 0.2) is 54.6 Å². The number of carbonyl (C=O) groups excluding carboxylic acids is 1. The fourth-order valence-corrected chi connectivity index (χ4v) is 2.58. The first-order valence-electron chi connectivity index (χ1n) is 7.03. The van der Waals surface area contributed by atoms with Crippen LogP contribution in [0.25, 0.3) is 10.8 Å². The second kappa shape index (κ2) is 5.82. The Bertz CT molecular complexity index is 868. The summed E-state index contributed by atoms with van der Waals surface area (Å²) in [6, 6.07) is 16.6. The Kier molecular flexibility index (Phi) is 3.86. The van der Waals surface area contributed by atoms with Gasteiger partial charge < -0.3 is 4.74 Å². The van der Waals surface area contributed by atoms with E-state index in [0.717, 1.165) is 21.9 Å². The molecule has 2 nitrogen and oxygen atoms in total. The summed E-state index contributed by atoms with van der Waals surface area (Å²) in [5.74, 6) is 0.152. The first-order valence-corrected chi connectivity index (χ1v) is 7.41. The average molecular weight is 311 g/mol. The van der Waals surface area contributed by atoms with Crippen molar-refractivity contribution < 1.29 is 9.53 Å². The molecule has 110 valence electrons. The maximum atomic E-state index is 12.4. The van der Waals surface area contributed by atoms with Crippen LogP contribution in [0.2, 0.25) is 5.02 Å². The molecule has 0 saturated carbocycles. The van der Waals surface area contributed by atoms with Gasteiger partial charge in [0.25, 0.3) is 0 Å². The molecule has 3 rings (SSSR count). The van der Waals surface area contributed by atoms with Gasteiger partial charge in [0.15, 0.2) is 0 Å². The number of carbonyl (C=O) groups is 1. The highest BCUT2D eigenvalue weighted by Crippen LogP contribution is 2.31. The zero-order chi connectivity index (χ0) is 15.7. The van der Waals surface area contributed by atoms with Crippen molar-refractivity contribution in [3.63, 3.8) is 0 Å². The molecule has 0 bridgehead atoms. The van der Waals surface area contributed by atoms with Crippen molar-refractivity contribution >= 4 is 28.3 Å². The fourth-order valence-electron chi connectivity index (χ4n) is 2.35. The highest BCUT2D eigenvalue weighted by Gasteiger charge is 2.12.